The van der Waals surface area contributed by atoms with Crippen LogP contribution in [0.25, 0.3) is 0 Å². The van der Waals surface area contributed by atoms with Gasteiger partial charge in [0.1, 0.15) is 5.75 Å². The standard InChI is InChI=1S/C14H21NO/c1-16-13-7-4-6-11(9-13)14-8-3-2-5-12(14)10-15/h4,6-7,9,12,14H,2-3,5,8,10,15H2,1H3/t12-,14-/m0/s1. The SMILES string of the molecule is COc1cccc([C@@H]2CCCC[C@H]2CN)c1. The summed E-state index contributed by atoms with van der Waals surface area (Å²) in [6.45, 7) is 0.807. The topological polar surface area (TPSA) is 35.2 Å². The second-order valence-electron chi connectivity index (χ2n) is 4.66. The van der Waals surface area contributed by atoms with Gasteiger partial charge in [-0.15, -0.1) is 0 Å². The van der Waals surface area contributed by atoms with E-state index in [9.17, 15) is 0 Å². The van der Waals surface area contributed by atoms with Crippen LogP contribution in [0.15, 0.2) is 24.3 Å². The molecule has 1 aromatic carbocycles. The molecule has 0 amide bonds. The molecule has 0 aromatic heterocycles. The van der Waals surface area contributed by atoms with E-state index in [1.54, 1.807) is 7.11 Å². The molecule has 0 saturated heterocycles. The summed E-state index contributed by atoms with van der Waals surface area (Å²) >= 11 is 0. The van der Waals surface area contributed by atoms with Crippen LogP contribution in [0.2, 0.25) is 0 Å². The molecule has 88 valence electrons. The van der Waals surface area contributed by atoms with Crippen molar-refractivity contribution in [2.75, 3.05) is 13.7 Å². The van der Waals surface area contributed by atoms with Gasteiger partial charge in [0.05, 0.1) is 7.11 Å². The van der Waals surface area contributed by atoms with Crippen molar-refractivity contribution >= 4 is 0 Å². The van der Waals surface area contributed by atoms with Gasteiger partial charge < -0.3 is 10.5 Å². The first-order chi connectivity index (χ1) is 7.85. The molecule has 2 atom stereocenters. The lowest BCUT2D eigenvalue weighted by Gasteiger charge is -2.31. The monoisotopic (exact) mass is 219 g/mol. The second kappa shape index (κ2) is 5.35. The maximum Gasteiger partial charge on any atom is 0.119 e. The number of methoxy groups -OCH3 is 1. The summed E-state index contributed by atoms with van der Waals surface area (Å²) in [6, 6.07) is 8.46. The minimum atomic E-state index is 0.633. The highest BCUT2D eigenvalue weighted by Crippen LogP contribution is 2.38. The van der Waals surface area contributed by atoms with Crippen LogP contribution in [0.3, 0.4) is 0 Å². The van der Waals surface area contributed by atoms with E-state index in [4.69, 9.17) is 10.5 Å². The molecule has 1 aliphatic rings. The molecule has 1 fully saturated rings. The molecule has 16 heavy (non-hydrogen) atoms. The Labute approximate surface area is 97.8 Å². The first-order valence-electron chi connectivity index (χ1n) is 6.19. The Kier molecular flexibility index (Phi) is 3.83. The fourth-order valence-corrected chi connectivity index (χ4v) is 2.80. The van der Waals surface area contributed by atoms with E-state index in [2.05, 4.69) is 18.2 Å². The number of nitrogens with two attached hydrogens (primary N) is 1. The second-order valence-corrected chi connectivity index (χ2v) is 4.66. The molecule has 0 spiro atoms. The number of hydrogen-bond donors (Lipinski definition) is 1. The van der Waals surface area contributed by atoms with Gasteiger partial charge in [0, 0.05) is 0 Å². The van der Waals surface area contributed by atoms with Crippen LogP contribution in [-0.2, 0) is 0 Å². The van der Waals surface area contributed by atoms with Gasteiger partial charge in [-0.2, -0.15) is 0 Å². The summed E-state index contributed by atoms with van der Waals surface area (Å²) in [4.78, 5) is 0. The van der Waals surface area contributed by atoms with E-state index in [1.165, 1.54) is 31.2 Å². The van der Waals surface area contributed by atoms with Crippen LogP contribution in [0.5, 0.6) is 5.75 Å². The number of ether oxygens (including phenoxy) is 1. The summed E-state index contributed by atoms with van der Waals surface area (Å²) in [5, 5.41) is 0. The summed E-state index contributed by atoms with van der Waals surface area (Å²) in [5.41, 5.74) is 7.27. The molecular weight excluding hydrogens is 198 g/mol. The van der Waals surface area contributed by atoms with E-state index in [-0.39, 0.29) is 0 Å². The van der Waals surface area contributed by atoms with Crippen molar-refractivity contribution < 1.29 is 4.74 Å². The molecule has 1 aliphatic carbocycles. The van der Waals surface area contributed by atoms with Gasteiger partial charge in [0.15, 0.2) is 0 Å². The molecule has 2 heteroatoms. The van der Waals surface area contributed by atoms with E-state index < -0.39 is 0 Å². The molecule has 0 aliphatic heterocycles. The number of benzene rings is 1. The van der Waals surface area contributed by atoms with Gasteiger partial charge in [0.25, 0.3) is 0 Å². The van der Waals surface area contributed by atoms with Crippen molar-refractivity contribution in [3.8, 4) is 5.75 Å². The highest BCUT2D eigenvalue weighted by molar-refractivity contribution is 5.31. The van der Waals surface area contributed by atoms with Gasteiger partial charge in [0.2, 0.25) is 0 Å². The van der Waals surface area contributed by atoms with E-state index in [1.807, 2.05) is 6.07 Å². The predicted octanol–water partition coefficient (Wildman–Crippen LogP) is 2.93. The van der Waals surface area contributed by atoms with E-state index in [0.717, 1.165) is 12.3 Å². The number of hydrogen-bond acceptors (Lipinski definition) is 2. The van der Waals surface area contributed by atoms with Gasteiger partial charge in [-0.25, -0.2) is 0 Å². The first kappa shape index (κ1) is 11.5. The van der Waals surface area contributed by atoms with E-state index >= 15 is 0 Å². The molecule has 2 N–H and O–H groups in total. The maximum absolute atomic E-state index is 5.87. The predicted molar refractivity (Wildman–Crippen MR) is 66.7 cm³/mol. The third kappa shape index (κ3) is 2.38. The van der Waals surface area contributed by atoms with Crippen LogP contribution >= 0.6 is 0 Å². The zero-order valence-corrected chi connectivity index (χ0v) is 9.99. The smallest absolute Gasteiger partial charge is 0.119 e. The van der Waals surface area contributed by atoms with Crippen LogP contribution in [0.1, 0.15) is 37.2 Å². The van der Waals surface area contributed by atoms with Crippen molar-refractivity contribution in [3.63, 3.8) is 0 Å². The average molecular weight is 219 g/mol. The zero-order chi connectivity index (χ0) is 11.4. The fourth-order valence-electron chi connectivity index (χ4n) is 2.80. The highest BCUT2D eigenvalue weighted by atomic mass is 16.5. The molecular formula is C14H21NO. The van der Waals surface area contributed by atoms with Crippen molar-refractivity contribution in [1.29, 1.82) is 0 Å². The lowest BCUT2D eigenvalue weighted by molar-refractivity contribution is 0.313. The largest absolute Gasteiger partial charge is 0.497 e. The third-order valence-corrected chi connectivity index (χ3v) is 3.73. The van der Waals surface area contributed by atoms with Crippen molar-refractivity contribution in [2.45, 2.75) is 31.6 Å². The Morgan fingerprint density at radius 1 is 1.31 bits per heavy atom. The molecule has 1 saturated carbocycles. The van der Waals surface area contributed by atoms with Crippen LogP contribution < -0.4 is 10.5 Å². The first-order valence-corrected chi connectivity index (χ1v) is 6.19. The van der Waals surface area contributed by atoms with E-state index in [0.29, 0.717) is 11.8 Å². The Morgan fingerprint density at radius 2 is 2.12 bits per heavy atom. The quantitative estimate of drug-likeness (QED) is 0.848. The van der Waals surface area contributed by atoms with Gasteiger partial charge >= 0.3 is 0 Å². The molecule has 0 heterocycles. The lowest BCUT2D eigenvalue weighted by Crippen LogP contribution is -2.25. The van der Waals surface area contributed by atoms with Gasteiger partial charge in [-0.05, 0) is 48.9 Å². The molecule has 2 nitrogen and oxygen atoms in total. The summed E-state index contributed by atoms with van der Waals surface area (Å²) in [6.07, 6.45) is 5.22. The maximum atomic E-state index is 5.87. The fraction of sp³-hybridized carbons (Fsp3) is 0.571. The Hall–Kier alpha value is -1.02. The zero-order valence-electron chi connectivity index (χ0n) is 9.99. The summed E-state index contributed by atoms with van der Waals surface area (Å²) in [7, 11) is 1.72. The summed E-state index contributed by atoms with van der Waals surface area (Å²) < 4.78 is 5.28. The Balaban J connectivity index is 2.20. The minimum Gasteiger partial charge on any atom is -0.497 e. The highest BCUT2D eigenvalue weighted by Gasteiger charge is 2.25. The lowest BCUT2D eigenvalue weighted by atomic mass is 9.75. The van der Waals surface area contributed by atoms with Crippen molar-refractivity contribution in [3.05, 3.63) is 29.8 Å². The molecule has 1 aromatic rings. The van der Waals surface area contributed by atoms with Gasteiger partial charge in [-0.3, -0.25) is 0 Å². The molecule has 0 unspecified atom stereocenters. The van der Waals surface area contributed by atoms with Crippen molar-refractivity contribution in [2.24, 2.45) is 11.7 Å². The molecule has 0 bridgehead atoms. The van der Waals surface area contributed by atoms with Crippen LogP contribution in [0.4, 0.5) is 0 Å². The number of rotatable bonds is 3. The van der Waals surface area contributed by atoms with Crippen molar-refractivity contribution in [1.82, 2.24) is 0 Å². The Morgan fingerprint density at radius 3 is 2.88 bits per heavy atom. The summed E-state index contributed by atoms with van der Waals surface area (Å²) in [5.74, 6) is 2.24. The van der Waals surface area contributed by atoms with Crippen LogP contribution in [0, 0.1) is 5.92 Å². The molecule has 0 radical (unpaired) electrons. The van der Waals surface area contributed by atoms with Gasteiger partial charge in [-0.1, -0.05) is 25.0 Å². The minimum absolute atomic E-state index is 0.633. The Bertz CT molecular complexity index is 337. The van der Waals surface area contributed by atoms with Crippen LogP contribution in [-0.4, -0.2) is 13.7 Å². The normalized spacial score (nSPS) is 25.4. The third-order valence-electron chi connectivity index (χ3n) is 3.73. The average Bonchev–Trinajstić information content (AvgIpc) is 2.38. The molecule has 2 rings (SSSR count).